The van der Waals surface area contributed by atoms with Crippen LogP contribution in [0.2, 0.25) is 0 Å². The zero-order valence-corrected chi connectivity index (χ0v) is 15.0. The van der Waals surface area contributed by atoms with E-state index in [0.717, 1.165) is 32.5 Å². The van der Waals surface area contributed by atoms with Crippen LogP contribution in [0.1, 0.15) is 51.6 Å². The van der Waals surface area contributed by atoms with Gasteiger partial charge in [-0.25, -0.2) is 4.79 Å². The van der Waals surface area contributed by atoms with Crippen molar-refractivity contribution >= 4 is 6.09 Å². The van der Waals surface area contributed by atoms with Crippen LogP contribution in [0.25, 0.3) is 0 Å². The van der Waals surface area contributed by atoms with Crippen LogP contribution < -0.4 is 10.6 Å². The SMILES string of the molecule is CC(C)(C)OC(=O)NCCC(NC1CCOCC1)c1ccccc1. The lowest BCUT2D eigenvalue weighted by Crippen LogP contribution is -2.39. The van der Waals surface area contributed by atoms with E-state index < -0.39 is 5.60 Å². The number of hydrogen-bond acceptors (Lipinski definition) is 4. The number of amides is 1. The Kier molecular flexibility index (Phi) is 7.06. The standard InChI is InChI=1S/C19H30N2O3/c1-19(2,3)24-18(22)20-12-9-17(15-7-5-4-6-8-15)21-16-10-13-23-14-11-16/h4-8,16-17,21H,9-14H2,1-3H3,(H,20,22). The monoisotopic (exact) mass is 334 g/mol. The molecule has 0 bridgehead atoms. The number of nitrogens with one attached hydrogen (secondary N) is 2. The normalized spacial score (nSPS) is 17.3. The fourth-order valence-corrected chi connectivity index (χ4v) is 2.81. The van der Waals surface area contributed by atoms with Gasteiger partial charge < -0.3 is 20.1 Å². The summed E-state index contributed by atoms with van der Waals surface area (Å²) < 4.78 is 10.7. The molecule has 1 amide bonds. The molecule has 0 saturated carbocycles. The minimum atomic E-state index is -0.469. The van der Waals surface area contributed by atoms with Crippen LogP contribution in [0.3, 0.4) is 0 Å². The van der Waals surface area contributed by atoms with Gasteiger partial charge in [0.05, 0.1) is 0 Å². The minimum Gasteiger partial charge on any atom is -0.444 e. The van der Waals surface area contributed by atoms with Gasteiger partial charge >= 0.3 is 6.09 Å². The van der Waals surface area contributed by atoms with E-state index in [1.54, 1.807) is 0 Å². The summed E-state index contributed by atoms with van der Waals surface area (Å²) in [5.74, 6) is 0. The first kappa shape index (κ1) is 18.7. The molecular formula is C19H30N2O3. The maximum atomic E-state index is 11.8. The Morgan fingerprint density at radius 3 is 2.54 bits per heavy atom. The number of ether oxygens (including phenoxy) is 2. The first-order valence-corrected chi connectivity index (χ1v) is 8.79. The van der Waals surface area contributed by atoms with Crippen LogP contribution in [-0.2, 0) is 9.47 Å². The van der Waals surface area contributed by atoms with Gasteiger partial charge in [-0.05, 0) is 45.6 Å². The number of benzene rings is 1. The second-order valence-corrected chi connectivity index (χ2v) is 7.23. The van der Waals surface area contributed by atoms with Gasteiger partial charge in [-0.2, -0.15) is 0 Å². The first-order valence-electron chi connectivity index (χ1n) is 8.79. The molecule has 0 aromatic heterocycles. The molecule has 1 aromatic rings. The van der Waals surface area contributed by atoms with Crippen molar-refractivity contribution in [2.75, 3.05) is 19.8 Å². The summed E-state index contributed by atoms with van der Waals surface area (Å²) in [5.41, 5.74) is 0.776. The third-order valence-electron chi connectivity index (χ3n) is 3.96. The molecule has 0 spiro atoms. The van der Waals surface area contributed by atoms with Crippen LogP contribution in [0.15, 0.2) is 30.3 Å². The van der Waals surface area contributed by atoms with Gasteiger partial charge in [-0.15, -0.1) is 0 Å². The highest BCUT2D eigenvalue weighted by molar-refractivity contribution is 5.67. The Balaban J connectivity index is 1.87. The van der Waals surface area contributed by atoms with Crippen LogP contribution in [0.4, 0.5) is 4.79 Å². The molecule has 1 fully saturated rings. The zero-order valence-electron chi connectivity index (χ0n) is 15.0. The van der Waals surface area contributed by atoms with E-state index in [9.17, 15) is 4.79 Å². The second-order valence-electron chi connectivity index (χ2n) is 7.23. The summed E-state index contributed by atoms with van der Waals surface area (Å²) in [6.45, 7) is 7.81. The molecule has 1 saturated heterocycles. The Morgan fingerprint density at radius 1 is 1.25 bits per heavy atom. The average molecular weight is 334 g/mol. The molecular weight excluding hydrogens is 304 g/mol. The van der Waals surface area contributed by atoms with E-state index in [1.165, 1.54) is 5.56 Å². The average Bonchev–Trinajstić information content (AvgIpc) is 2.54. The highest BCUT2D eigenvalue weighted by Gasteiger charge is 2.20. The van der Waals surface area contributed by atoms with Gasteiger partial charge in [0.1, 0.15) is 5.60 Å². The molecule has 1 aliphatic heterocycles. The van der Waals surface area contributed by atoms with E-state index in [2.05, 4.69) is 34.9 Å². The largest absolute Gasteiger partial charge is 0.444 e. The predicted molar refractivity (Wildman–Crippen MR) is 95.0 cm³/mol. The molecule has 2 N–H and O–H groups in total. The van der Waals surface area contributed by atoms with Crippen LogP contribution >= 0.6 is 0 Å². The molecule has 1 heterocycles. The summed E-state index contributed by atoms with van der Waals surface area (Å²) in [6.07, 6.45) is 2.52. The van der Waals surface area contributed by atoms with Crippen molar-refractivity contribution in [2.45, 2.75) is 57.7 Å². The number of carbonyl (C=O) groups is 1. The van der Waals surface area contributed by atoms with Gasteiger partial charge in [-0.3, -0.25) is 0 Å². The smallest absolute Gasteiger partial charge is 0.407 e. The van der Waals surface area contributed by atoms with Crippen molar-refractivity contribution in [3.8, 4) is 0 Å². The maximum Gasteiger partial charge on any atom is 0.407 e. The molecule has 1 aromatic carbocycles. The third kappa shape index (κ3) is 6.89. The lowest BCUT2D eigenvalue weighted by Gasteiger charge is -2.29. The molecule has 134 valence electrons. The molecule has 5 nitrogen and oxygen atoms in total. The molecule has 1 unspecified atom stereocenters. The second kappa shape index (κ2) is 9.04. The Bertz CT molecular complexity index is 493. The summed E-state index contributed by atoms with van der Waals surface area (Å²) in [5, 5.41) is 6.57. The lowest BCUT2D eigenvalue weighted by atomic mass is 10.0. The van der Waals surface area contributed by atoms with Crippen molar-refractivity contribution < 1.29 is 14.3 Å². The van der Waals surface area contributed by atoms with Crippen LogP contribution in [0, 0.1) is 0 Å². The topological polar surface area (TPSA) is 59.6 Å². The van der Waals surface area contributed by atoms with Gasteiger partial charge in [0, 0.05) is 31.8 Å². The van der Waals surface area contributed by atoms with Crippen molar-refractivity contribution in [1.82, 2.24) is 10.6 Å². The number of carbonyl (C=O) groups excluding carboxylic acids is 1. The van der Waals surface area contributed by atoms with Crippen LogP contribution in [0.5, 0.6) is 0 Å². The minimum absolute atomic E-state index is 0.212. The highest BCUT2D eigenvalue weighted by Crippen LogP contribution is 2.19. The predicted octanol–water partition coefficient (Wildman–Crippen LogP) is 3.41. The van der Waals surface area contributed by atoms with E-state index in [-0.39, 0.29) is 12.1 Å². The molecule has 0 aliphatic carbocycles. The van der Waals surface area contributed by atoms with Gasteiger partial charge in [0.25, 0.3) is 0 Å². The molecule has 1 atom stereocenters. The lowest BCUT2D eigenvalue weighted by molar-refractivity contribution is 0.0524. The Morgan fingerprint density at radius 2 is 1.92 bits per heavy atom. The molecule has 0 radical (unpaired) electrons. The van der Waals surface area contributed by atoms with Gasteiger partial charge in [0.2, 0.25) is 0 Å². The summed E-state index contributed by atoms with van der Waals surface area (Å²) in [6, 6.07) is 11.1. The van der Waals surface area contributed by atoms with Crippen molar-refractivity contribution in [3.63, 3.8) is 0 Å². The Hall–Kier alpha value is -1.59. The summed E-state index contributed by atoms with van der Waals surface area (Å²) in [7, 11) is 0. The van der Waals surface area contributed by atoms with E-state index in [0.29, 0.717) is 12.6 Å². The van der Waals surface area contributed by atoms with E-state index in [1.807, 2.05) is 26.8 Å². The first-order chi connectivity index (χ1) is 11.4. The van der Waals surface area contributed by atoms with E-state index >= 15 is 0 Å². The molecule has 5 heteroatoms. The number of rotatable bonds is 6. The Labute approximate surface area is 145 Å². The molecule has 24 heavy (non-hydrogen) atoms. The van der Waals surface area contributed by atoms with E-state index in [4.69, 9.17) is 9.47 Å². The van der Waals surface area contributed by atoms with Crippen molar-refractivity contribution in [2.24, 2.45) is 0 Å². The zero-order chi connectivity index (χ0) is 17.4. The van der Waals surface area contributed by atoms with Crippen LogP contribution in [-0.4, -0.2) is 37.5 Å². The summed E-state index contributed by atoms with van der Waals surface area (Å²) >= 11 is 0. The van der Waals surface area contributed by atoms with Crippen molar-refractivity contribution in [1.29, 1.82) is 0 Å². The van der Waals surface area contributed by atoms with Crippen molar-refractivity contribution in [3.05, 3.63) is 35.9 Å². The van der Waals surface area contributed by atoms with Gasteiger partial charge in [-0.1, -0.05) is 30.3 Å². The quantitative estimate of drug-likeness (QED) is 0.837. The number of alkyl carbamates (subject to hydrolysis) is 1. The number of hydrogen-bond donors (Lipinski definition) is 2. The molecule has 1 aliphatic rings. The maximum absolute atomic E-state index is 11.8. The summed E-state index contributed by atoms with van der Waals surface area (Å²) in [4.78, 5) is 11.8. The molecule has 2 rings (SSSR count). The highest BCUT2D eigenvalue weighted by atomic mass is 16.6. The van der Waals surface area contributed by atoms with Gasteiger partial charge in [0.15, 0.2) is 0 Å². The fraction of sp³-hybridized carbons (Fsp3) is 0.632. The fourth-order valence-electron chi connectivity index (χ4n) is 2.81. The third-order valence-corrected chi connectivity index (χ3v) is 3.96.